The molecule has 2 aliphatic carbocycles. The van der Waals surface area contributed by atoms with Crippen molar-refractivity contribution in [3.8, 4) is 11.4 Å². The Kier molecular flexibility index (Phi) is 5.77. The maximum atomic E-state index is 12.3. The first-order valence-electron chi connectivity index (χ1n) is 10.2. The molecule has 4 rings (SSSR count). The van der Waals surface area contributed by atoms with Gasteiger partial charge in [0.25, 0.3) is 0 Å². The molecule has 2 N–H and O–H groups in total. The fourth-order valence-corrected chi connectivity index (χ4v) is 3.97. The number of nitrogens with zero attached hydrogens (tertiary/aromatic N) is 4. The fourth-order valence-electron chi connectivity index (χ4n) is 3.97. The van der Waals surface area contributed by atoms with Crippen LogP contribution < -0.4 is 10.6 Å². The Hall–Kier alpha value is -2.28. The van der Waals surface area contributed by atoms with E-state index in [1.165, 1.54) is 36.9 Å². The van der Waals surface area contributed by atoms with E-state index in [1.807, 2.05) is 30.3 Å². The maximum absolute atomic E-state index is 12.3. The van der Waals surface area contributed by atoms with Crippen LogP contribution >= 0.6 is 0 Å². The first-order valence-corrected chi connectivity index (χ1v) is 10.2. The van der Waals surface area contributed by atoms with Gasteiger partial charge in [-0.3, -0.25) is 4.79 Å². The number of hydrogen-bond donors (Lipinski definition) is 2. The summed E-state index contributed by atoms with van der Waals surface area (Å²) in [6.45, 7) is 0.444. The molecule has 7 heteroatoms. The topological polar surface area (TPSA) is 84.7 Å². The summed E-state index contributed by atoms with van der Waals surface area (Å²) < 4.78 is 0. The monoisotopic (exact) mass is 368 g/mol. The van der Waals surface area contributed by atoms with Gasteiger partial charge in [0, 0.05) is 30.1 Å². The van der Waals surface area contributed by atoms with Gasteiger partial charge < -0.3 is 10.6 Å². The van der Waals surface area contributed by atoms with Gasteiger partial charge in [-0.2, -0.15) is 4.80 Å². The molecule has 1 aromatic carbocycles. The predicted molar refractivity (Wildman–Crippen MR) is 103 cm³/mol. The van der Waals surface area contributed by atoms with E-state index < -0.39 is 0 Å². The van der Waals surface area contributed by atoms with E-state index in [-0.39, 0.29) is 11.9 Å². The molecule has 2 aliphatic rings. The van der Waals surface area contributed by atoms with E-state index in [0.717, 1.165) is 18.4 Å². The van der Waals surface area contributed by atoms with E-state index in [4.69, 9.17) is 0 Å². The minimum Gasteiger partial charge on any atom is -0.352 e. The second-order valence-corrected chi connectivity index (χ2v) is 7.68. The lowest BCUT2D eigenvalue weighted by molar-refractivity contribution is -0.123. The van der Waals surface area contributed by atoms with Crippen molar-refractivity contribution in [2.24, 2.45) is 0 Å². The molecule has 0 unspecified atom stereocenters. The van der Waals surface area contributed by atoms with E-state index in [2.05, 4.69) is 26.0 Å². The summed E-state index contributed by atoms with van der Waals surface area (Å²) in [5, 5.41) is 19.4. The highest BCUT2D eigenvalue weighted by Gasteiger charge is 2.33. The van der Waals surface area contributed by atoms with Crippen LogP contribution in [0, 0.1) is 0 Å². The summed E-state index contributed by atoms with van der Waals surface area (Å²) in [6.07, 6.45) is 9.18. The quantitative estimate of drug-likeness (QED) is 0.783. The van der Waals surface area contributed by atoms with Crippen LogP contribution in [0.3, 0.4) is 0 Å². The molecular weight excluding hydrogens is 340 g/mol. The van der Waals surface area contributed by atoms with Crippen molar-refractivity contribution in [3.63, 3.8) is 0 Å². The lowest BCUT2D eigenvalue weighted by Gasteiger charge is -2.41. The van der Waals surface area contributed by atoms with Crippen molar-refractivity contribution >= 4 is 5.91 Å². The van der Waals surface area contributed by atoms with Crippen LogP contribution in [-0.4, -0.2) is 44.2 Å². The van der Waals surface area contributed by atoms with Crippen LogP contribution in [0.4, 0.5) is 0 Å². The molecule has 2 atom stereocenters. The highest BCUT2D eigenvalue weighted by atomic mass is 16.1. The Morgan fingerprint density at radius 2 is 1.81 bits per heavy atom. The fraction of sp³-hybridized carbons (Fsp3) is 0.600. The second kappa shape index (κ2) is 8.61. The number of rotatable bonds is 7. The minimum atomic E-state index is 0.0636. The molecule has 0 aliphatic heterocycles. The third-order valence-corrected chi connectivity index (χ3v) is 5.70. The van der Waals surface area contributed by atoms with E-state index >= 15 is 0 Å². The number of carbonyl (C=O) groups is 1. The van der Waals surface area contributed by atoms with E-state index in [9.17, 15) is 4.79 Å². The minimum absolute atomic E-state index is 0.0636. The molecule has 1 amide bonds. The van der Waals surface area contributed by atoms with Crippen molar-refractivity contribution in [2.75, 3.05) is 0 Å². The van der Waals surface area contributed by atoms with Crippen LogP contribution in [0.25, 0.3) is 11.4 Å². The zero-order valence-corrected chi connectivity index (χ0v) is 15.7. The van der Waals surface area contributed by atoms with Crippen LogP contribution in [0.15, 0.2) is 30.3 Å². The van der Waals surface area contributed by atoms with E-state index in [1.54, 1.807) is 0 Å². The van der Waals surface area contributed by atoms with Gasteiger partial charge in [0.15, 0.2) is 0 Å². The van der Waals surface area contributed by atoms with Crippen LogP contribution in [0.1, 0.15) is 51.4 Å². The average molecular weight is 368 g/mol. The molecule has 0 spiro atoms. The Labute approximate surface area is 159 Å². The summed E-state index contributed by atoms with van der Waals surface area (Å²) >= 11 is 0. The second-order valence-electron chi connectivity index (χ2n) is 7.68. The first kappa shape index (κ1) is 18.1. The summed E-state index contributed by atoms with van der Waals surface area (Å²) in [6, 6.07) is 11.1. The molecule has 2 saturated carbocycles. The van der Waals surface area contributed by atoms with Crippen LogP contribution in [0.2, 0.25) is 0 Å². The highest BCUT2D eigenvalue weighted by Crippen LogP contribution is 2.24. The summed E-state index contributed by atoms with van der Waals surface area (Å²) in [7, 11) is 0. The van der Waals surface area contributed by atoms with Gasteiger partial charge in [-0.1, -0.05) is 49.6 Å². The number of benzene rings is 1. The number of aryl methyl sites for hydroxylation is 1. The number of hydrogen-bond acceptors (Lipinski definition) is 5. The highest BCUT2D eigenvalue weighted by molar-refractivity contribution is 5.76. The summed E-state index contributed by atoms with van der Waals surface area (Å²) in [5.41, 5.74) is 0.930. The predicted octanol–water partition coefficient (Wildman–Crippen LogP) is 2.30. The van der Waals surface area contributed by atoms with Crippen LogP contribution in [0.5, 0.6) is 0 Å². The number of nitrogens with one attached hydrogen (secondary N) is 2. The van der Waals surface area contributed by atoms with Gasteiger partial charge in [-0.25, -0.2) is 0 Å². The van der Waals surface area contributed by atoms with E-state index in [0.29, 0.717) is 30.9 Å². The van der Waals surface area contributed by atoms with Gasteiger partial charge >= 0.3 is 0 Å². The molecule has 0 radical (unpaired) electrons. The average Bonchev–Trinajstić information content (AvgIpc) is 3.18. The first-order chi connectivity index (χ1) is 13.3. The lowest BCUT2D eigenvalue weighted by Crippen LogP contribution is -2.59. The largest absolute Gasteiger partial charge is 0.352 e. The number of amides is 1. The zero-order chi connectivity index (χ0) is 18.5. The molecule has 144 valence electrons. The summed E-state index contributed by atoms with van der Waals surface area (Å²) in [5.74, 6) is 0.653. The van der Waals surface area contributed by atoms with Crippen molar-refractivity contribution in [1.29, 1.82) is 0 Å². The molecule has 1 heterocycles. The standard InChI is InChI=1S/C20H28N6O/c27-19(22-18-12-11-17(18)21-16-9-5-2-6-10-16)13-14-26-24-20(23-25-26)15-7-3-1-4-8-15/h1,3-4,7-8,16-18,21H,2,5-6,9-14H2,(H,22,27)/t17-,18+/m1/s1. The molecule has 0 bridgehead atoms. The maximum Gasteiger partial charge on any atom is 0.222 e. The molecule has 0 saturated heterocycles. The van der Waals surface area contributed by atoms with Gasteiger partial charge in [0.05, 0.1) is 6.54 Å². The third kappa shape index (κ3) is 4.71. The molecular formula is C20H28N6O. The Morgan fingerprint density at radius 1 is 1.04 bits per heavy atom. The molecule has 27 heavy (non-hydrogen) atoms. The van der Waals surface area contributed by atoms with Gasteiger partial charge in [0.2, 0.25) is 11.7 Å². The molecule has 7 nitrogen and oxygen atoms in total. The summed E-state index contributed by atoms with van der Waals surface area (Å²) in [4.78, 5) is 13.8. The smallest absolute Gasteiger partial charge is 0.222 e. The normalized spacial score (nSPS) is 23.0. The molecule has 2 fully saturated rings. The van der Waals surface area contributed by atoms with Crippen molar-refractivity contribution in [3.05, 3.63) is 30.3 Å². The van der Waals surface area contributed by atoms with Gasteiger partial charge in [-0.15, -0.1) is 10.2 Å². The number of carbonyl (C=O) groups excluding carboxylic acids is 1. The van der Waals surface area contributed by atoms with Crippen LogP contribution in [-0.2, 0) is 11.3 Å². The third-order valence-electron chi connectivity index (χ3n) is 5.70. The SMILES string of the molecule is O=C(CCn1nnc(-c2ccccc2)n1)N[C@H]1CC[C@H]1NC1CCCCC1. The number of aromatic nitrogens is 4. The Morgan fingerprint density at radius 3 is 2.56 bits per heavy atom. The number of tetrazole rings is 1. The zero-order valence-electron chi connectivity index (χ0n) is 15.7. The van der Waals surface area contributed by atoms with Gasteiger partial charge in [-0.05, 0) is 30.9 Å². The van der Waals surface area contributed by atoms with Crippen molar-refractivity contribution in [1.82, 2.24) is 30.8 Å². The van der Waals surface area contributed by atoms with Crippen molar-refractivity contribution < 1.29 is 4.79 Å². The van der Waals surface area contributed by atoms with Gasteiger partial charge in [0.1, 0.15) is 0 Å². The lowest BCUT2D eigenvalue weighted by atomic mass is 9.84. The molecule has 2 aromatic rings. The Bertz CT molecular complexity index is 740. The Balaban J connectivity index is 1.21. The molecule has 1 aromatic heterocycles. The van der Waals surface area contributed by atoms with Crippen molar-refractivity contribution in [2.45, 2.75) is 76.0 Å².